The quantitative estimate of drug-likeness (QED) is 0.797. The van der Waals surface area contributed by atoms with Gasteiger partial charge in [-0.25, -0.2) is 4.68 Å². The van der Waals surface area contributed by atoms with Crippen LogP contribution in [-0.4, -0.2) is 14.8 Å². The van der Waals surface area contributed by atoms with E-state index in [1.165, 1.54) is 0 Å². The van der Waals surface area contributed by atoms with Crippen molar-refractivity contribution in [2.24, 2.45) is 0 Å². The van der Waals surface area contributed by atoms with Gasteiger partial charge in [-0.3, -0.25) is 4.98 Å². The van der Waals surface area contributed by atoms with Crippen molar-refractivity contribution in [3.05, 3.63) is 71.8 Å². The summed E-state index contributed by atoms with van der Waals surface area (Å²) in [5, 5.41) is 8.29. The number of halogens is 1. The van der Waals surface area contributed by atoms with Gasteiger partial charge in [-0.2, -0.15) is 5.10 Å². The molecule has 0 radical (unpaired) electrons. The van der Waals surface area contributed by atoms with Crippen molar-refractivity contribution < 1.29 is 0 Å². The van der Waals surface area contributed by atoms with Crippen molar-refractivity contribution in [2.75, 3.05) is 5.32 Å². The van der Waals surface area contributed by atoms with Crippen LogP contribution in [0.15, 0.2) is 61.2 Å². The molecule has 0 amide bonds. The molecule has 0 fully saturated rings. The standard InChI is InChI=1S/C15H13ClN4/c16-13-3-1-4-14(15(13)20-10-2-7-19-20)18-11-12-5-8-17-9-6-12/h1-10,18H,11H2. The molecule has 0 aliphatic heterocycles. The fraction of sp³-hybridized carbons (Fsp3) is 0.0667. The third kappa shape index (κ3) is 2.65. The number of benzene rings is 1. The summed E-state index contributed by atoms with van der Waals surface area (Å²) in [5.41, 5.74) is 2.96. The molecule has 1 N–H and O–H groups in total. The van der Waals surface area contributed by atoms with Gasteiger partial charge < -0.3 is 5.32 Å². The highest BCUT2D eigenvalue weighted by Gasteiger charge is 2.09. The van der Waals surface area contributed by atoms with Gasteiger partial charge in [0, 0.05) is 31.3 Å². The number of hydrogen-bond acceptors (Lipinski definition) is 3. The Bertz CT molecular complexity index is 680. The molecule has 2 aromatic heterocycles. The number of aromatic nitrogens is 3. The number of nitrogens with zero attached hydrogens (tertiary/aromatic N) is 3. The van der Waals surface area contributed by atoms with E-state index < -0.39 is 0 Å². The van der Waals surface area contributed by atoms with E-state index in [0.29, 0.717) is 11.6 Å². The molecule has 0 saturated heterocycles. The molecule has 5 heteroatoms. The Labute approximate surface area is 122 Å². The summed E-state index contributed by atoms with van der Waals surface area (Å²) in [7, 11) is 0. The number of para-hydroxylation sites is 1. The maximum atomic E-state index is 6.29. The molecule has 1 aromatic carbocycles. The van der Waals surface area contributed by atoms with Gasteiger partial charge in [0.25, 0.3) is 0 Å². The summed E-state index contributed by atoms with van der Waals surface area (Å²) in [6, 6.07) is 11.6. The molecule has 0 unspecified atom stereocenters. The molecule has 3 rings (SSSR count). The lowest BCUT2D eigenvalue weighted by Crippen LogP contribution is -2.05. The van der Waals surface area contributed by atoms with E-state index in [-0.39, 0.29) is 0 Å². The Morgan fingerprint density at radius 3 is 2.65 bits per heavy atom. The highest BCUT2D eigenvalue weighted by atomic mass is 35.5. The minimum Gasteiger partial charge on any atom is -0.379 e. The van der Waals surface area contributed by atoms with Crippen LogP contribution in [0.5, 0.6) is 0 Å². The highest BCUT2D eigenvalue weighted by Crippen LogP contribution is 2.28. The van der Waals surface area contributed by atoms with E-state index in [9.17, 15) is 0 Å². The molecule has 0 atom stereocenters. The summed E-state index contributed by atoms with van der Waals surface area (Å²) >= 11 is 6.29. The minimum atomic E-state index is 0.661. The van der Waals surface area contributed by atoms with Crippen molar-refractivity contribution >= 4 is 17.3 Å². The predicted octanol–water partition coefficient (Wildman–Crippen LogP) is 3.53. The zero-order chi connectivity index (χ0) is 13.8. The Morgan fingerprint density at radius 1 is 1.05 bits per heavy atom. The third-order valence-electron chi connectivity index (χ3n) is 2.95. The van der Waals surface area contributed by atoms with Crippen LogP contribution >= 0.6 is 11.6 Å². The third-order valence-corrected chi connectivity index (χ3v) is 3.26. The van der Waals surface area contributed by atoms with E-state index in [1.807, 2.05) is 42.6 Å². The molecule has 100 valence electrons. The summed E-state index contributed by atoms with van der Waals surface area (Å²) in [4.78, 5) is 4.01. The predicted molar refractivity (Wildman–Crippen MR) is 80.1 cm³/mol. The summed E-state index contributed by atoms with van der Waals surface area (Å²) in [6.45, 7) is 0.705. The highest BCUT2D eigenvalue weighted by molar-refractivity contribution is 6.33. The van der Waals surface area contributed by atoms with E-state index in [2.05, 4.69) is 15.4 Å². The van der Waals surface area contributed by atoms with Gasteiger partial charge >= 0.3 is 0 Å². The van der Waals surface area contributed by atoms with Crippen LogP contribution in [0.3, 0.4) is 0 Å². The smallest absolute Gasteiger partial charge is 0.106 e. The van der Waals surface area contributed by atoms with Crippen LogP contribution in [0.25, 0.3) is 5.69 Å². The number of anilines is 1. The average Bonchev–Trinajstić information content (AvgIpc) is 3.00. The number of rotatable bonds is 4. The van der Waals surface area contributed by atoms with Crippen LogP contribution in [-0.2, 0) is 6.54 Å². The van der Waals surface area contributed by atoms with Gasteiger partial charge in [0.05, 0.1) is 10.7 Å². The Hall–Kier alpha value is -2.33. The van der Waals surface area contributed by atoms with Gasteiger partial charge in [0.1, 0.15) is 5.69 Å². The molecule has 20 heavy (non-hydrogen) atoms. The van der Waals surface area contributed by atoms with Gasteiger partial charge in [-0.05, 0) is 35.9 Å². The second-order valence-corrected chi connectivity index (χ2v) is 4.70. The van der Waals surface area contributed by atoms with Gasteiger partial charge in [-0.1, -0.05) is 17.7 Å². The van der Waals surface area contributed by atoms with E-state index in [4.69, 9.17) is 11.6 Å². The zero-order valence-corrected chi connectivity index (χ0v) is 11.5. The minimum absolute atomic E-state index is 0.661. The normalized spacial score (nSPS) is 10.4. The van der Waals surface area contributed by atoms with E-state index >= 15 is 0 Å². The lowest BCUT2D eigenvalue weighted by Gasteiger charge is -2.13. The molecule has 0 saturated carbocycles. The van der Waals surface area contributed by atoms with Gasteiger partial charge in [0.2, 0.25) is 0 Å². The fourth-order valence-corrected chi connectivity index (χ4v) is 2.25. The second kappa shape index (κ2) is 5.75. The first kappa shape index (κ1) is 12.7. The molecule has 2 heterocycles. The summed E-state index contributed by atoms with van der Waals surface area (Å²) < 4.78 is 1.76. The van der Waals surface area contributed by atoms with E-state index in [0.717, 1.165) is 16.9 Å². The van der Waals surface area contributed by atoms with Crippen LogP contribution in [0.2, 0.25) is 5.02 Å². The number of pyridine rings is 1. The monoisotopic (exact) mass is 284 g/mol. The second-order valence-electron chi connectivity index (χ2n) is 4.30. The number of hydrogen-bond donors (Lipinski definition) is 1. The lowest BCUT2D eigenvalue weighted by molar-refractivity contribution is 0.879. The van der Waals surface area contributed by atoms with Crippen LogP contribution in [0.4, 0.5) is 5.69 Å². The summed E-state index contributed by atoms with van der Waals surface area (Å²) in [5.74, 6) is 0. The van der Waals surface area contributed by atoms with E-state index in [1.54, 1.807) is 23.3 Å². The first-order chi connectivity index (χ1) is 9.84. The molecule has 0 aliphatic rings. The maximum absolute atomic E-state index is 6.29. The zero-order valence-electron chi connectivity index (χ0n) is 10.7. The first-order valence-electron chi connectivity index (χ1n) is 6.26. The van der Waals surface area contributed by atoms with Crippen molar-refractivity contribution in [2.45, 2.75) is 6.54 Å². The molecule has 3 aromatic rings. The molecular weight excluding hydrogens is 272 g/mol. The Balaban J connectivity index is 1.88. The van der Waals surface area contributed by atoms with Crippen molar-refractivity contribution in [1.82, 2.24) is 14.8 Å². The molecule has 0 aliphatic carbocycles. The van der Waals surface area contributed by atoms with Crippen LogP contribution in [0.1, 0.15) is 5.56 Å². The topological polar surface area (TPSA) is 42.7 Å². The van der Waals surface area contributed by atoms with Crippen molar-refractivity contribution in [1.29, 1.82) is 0 Å². The maximum Gasteiger partial charge on any atom is 0.106 e. The van der Waals surface area contributed by atoms with Crippen molar-refractivity contribution in [3.8, 4) is 5.69 Å². The molecule has 0 bridgehead atoms. The average molecular weight is 285 g/mol. The largest absolute Gasteiger partial charge is 0.379 e. The molecule has 0 spiro atoms. The lowest BCUT2D eigenvalue weighted by atomic mass is 10.2. The molecule has 4 nitrogen and oxygen atoms in total. The number of nitrogens with one attached hydrogen (secondary N) is 1. The SMILES string of the molecule is Clc1cccc(NCc2ccncc2)c1-n1cccn1. The van der Waals surface area contributed by atoms with Crippen LogP contribution < -0.4 is 5.32 Å². The van der Waals surface area contributed by atoms with Gasteiger partial charge in [0.15, 0.2) is 0 Å². The summed E-state index contributed by atoms with van der Waals surface area (Å²) in [6.07, 6.45) is 7.17. The van der Waals surface area contributed by atoms with Crippen molar-refractivity contribution in [3.63, 3.8) is 0 Å². The first-order valence-corrected chi connectivity index (χ1v) is 6.64. The Morgan fingerprint density at radius 2 is 1.90 bits per heavy atom. The Kier molecular flexibility index (Phi) is 3.65. The fourth-order valence-electron chi connectivity index (χ4n) is 1.99. The van der Waals surface area contributed by atoms with Gasteiger partial charge in [-0.15, -0.1) is 0 Å². The van der Waals surface area contributed by atoms with Crippen LogP contribution in [0, 0.1) is 0 Å². The molecular formula is C15H13ClN4.